The van der Waals surface area contributed by atoms with E-state index in [4.69, 9.17) is 9.47 Å². The number of carbonyl (C=O) groups is 1. The molecule has 1 aromatic rings. The van der Waals surface area contributed by atoms with Crippen LogP contribution in [0.25, 0.3) is 0 Å². The molecule has 0 amide bonds. The lowest BCUT2D eigenvalue weighted by Crippen LogP contribution is -2.64. The van der Waals surface area contributed by atoms with Gasteiger partial charge in [0.05, 0.1) is 23.7 Å². The molecule has 0 radical (unpaired) electrons. The van der Waals surface area contributed by atoms with Crippen LogP contribution in [0.2, 0.25) is 0 Å². The summed E-state index contributed by atoms with van der Waals surface area (Å²) in [6.07, 6.45) is -5.51. The maximum atomic E-state index is 14.6. The molecule has 11 nitrogen and oxygen atoms in total. The molecule has 8 N–H and O–H groups in total. The molecule has 11 heteroatoms. The molecule has 1 heterocycles. The van der Waals surface area contributed by atoms with Gasteiger partial charge in [-0.3, -0.25) is 4.79 Å². The van der Waals surface area contributed by atoms with Crippen LogP contribution in [0.15, 0.2) is 30.4 Å². The number of aromatic hydroxyl groups is 1. The molecule has 1 aromatic carbocycles. The molecule has 6 unspecified atom stereocenters. The lowest BCUT2D eigenvalue weighted by atomic mass is 9.41. The number of rotatable bonds is 7. The van der Waals surface area contributed by atoms with E-state index < -0.39 is 77.3 Å². The molecule has 0 aromatic heterocycles. The molecule has 3 aliphatic carbocycles. The van der Waals surface area contributed by atoms with Crippen LogP contribution in [0.5, 0.6) is 11.5 Å². The maximum Gasteiger partial charge on any atom is 0.229 e. The number of hydrogen-bond acceptors (Lipinski definition) is 11. The Morgan fingerprint density at radius 1 is 1.17 bits per heavy atom. The molecule has 5 rings (SSSR count). The summed E-state index contributed by atoms with van der Waals surface area (Å²) in [6.45, 7) is 14.0. The number of carbonyl (C=O) groups excluding carboxylic acids is 1. The van der Waals surface area contributed by atoms with Gasteiger partial charge in [0.1, 0.15) is 36.3 Å². The van der Waals surface area contributed by atoms with Crippen LogP contribution in [0, 0.1) is 29.6 Å². The van der Waals surface area contributed by atoms with Crippen molar-refractivity contribution >= 4 is 5.78 Å². The summed E-state index contributed by atoms with van der Waals surface area (Å²) in [6, 6.07) is 1.57. The van der Waals surface area contributed by atoms with E-state index in [1.54, 1.807) is 26.0 Å². The molecule has 3 fully saturated rings. The molecule has 13 atom stereocenters. The largest absolute Gasteiger partial charge is 0.504 e. The van der Waals surface area contributed by atoms with Gasteiger partial charge in [-0.15, -0.1) is 0 Å². The highest BCUT2D eigenvalue weighted by Gasteiger charge is 2.73. The summed E-state index contributed by atoms with van der Waals surface area (Å²) in [5, 5.41) is 86.4. The average Bonchev–Trinajstić information content (AvgIpc) is 3.19. The quantitative estimate of drug-likeness (QED) is 0.199. The van der Waals surface area contributed by atoms with Crippen LogP contribution in [0.3, 0.4) is 0 Å². The Balaban J connectivity index is 1.55. The van der Waals surface area contributed by atoms with Crippen LogP contribution < -0.4 is 4.74 Å². The average molecular weight is 647 g/mol. The van der Waals surface area contributed by atoms with Gasteiger partial charge in [0, 0.05) is 12.3 Å². The number of allylic oxidation sites excluding steroid dienone is 2. The summed E-state index contributed by atoms with van der Waals surface area (Å²) >= 11 is 0. The SMILES string of the molecule is C=C(C)/C=C/C(O)[C@](C)(O)[C@H]1[C@H](O)C[C@@]2(C)[C@@H]3CCc4c(cc(OC5OC(CO)C(O)C(O)C5O)c(O)c4C)[C@]3(C)C(=O)C[C@]12C. The predicted octanol–water partition coefficient (Wildman–Crippen LogP) is 1.31. The van der Waals surface area contributed by atoms with Crippen molar-refractivity contribution < 1.29 is 55.1 Å². The third-order valence-corrected chi connectivity index (χ3v) is 12.3. The van der Waals surface area contributed by atoms with E-state index in [1.807, 2.05) is 13.8 Å². The number of ketones is 1. The fourth-order valence-corrected chi connectivity index (χ4v) is 9.65. The van der Waals surface area contributed by atoms with Crippen LogP contribution in [-0.2, 0) is 21.4 Å². The minimum Gasteiger partial charge on any atom is -0.504 e. The normalized spacial score (nSPS) is 42.6. The molecular weight excluding hydrogens is 596 g/mol. The van der Waals surface area contributed by atoms with Crippen molar-refractivity contribution in [3.8, 4) is 11.5 Å². The number of aliphatic hydroxyl groups excluding tert-OH is 6. The molecule has 2 saturated carbocycles. The van der Waals surface area contributed by atoms with Gasteiger partial charge in [0.25, 0.3) is 0 Å². The van der Waals surface area contributed by atoms with E-state index in [2.05, 4.69) is 13.5 Å². The Labute approximate surface area is 269 Å². The lowest BCUT2D eigenvalue weighted by Gasteiger charge is -2.62. The fourth-order valence-electron chi connectivity index (χ4n) is 9.65. The Kier molecular flexibility index (Phi) is 8.87. The topological polar surface area (TPSA) is 197 Å². The molecule has 256 valence electrons. The number of ether oxygens (including phenoxy) is 2. The molecule has 46 heavy (non-hydrogen) atoms. The predicted molar refractivity (Wildman–Crippen MR) is 167 cm³/mol. The van der Waals surface area contributed by atoms with E-state index >= 15 is 0 Å². The van der Waals surface area contributed by atoms with Crippen molar-refractivity contribution in [3.05, 3.63) is 47.1 Å². The first-order chi connectivity index (χ1) is 21.3. The van der Waals surface area contributed by atoms with Crippen LogP contribution in [-0.4, -0.2) is 102 Å². The van der Waals surface area contributed by atoms with Crippen molar-refractivity contribution in [2.45, 2.75) is 121 Å². The van der Waals surface area contributed by atoms with Crippen LogP contribution >= 0.6 is 0 Å². The lowest BCUT2D eigenvalue weighted by molar-refractivity contribution is -0.277. The number of benzene rings is 1. The van der Waals surface area contributed by atoms with Crippen LogP contribution in [0.4, 0.5) is 0 Å². The molecule has 1 saturated heterocycles. The standard InChI is InChI=1S/C35H50O11/c1-16(2)8-11-24(38)35(7,44)30-20(37)13-32(4)23-10-9-18-17(3)26(40)21(12-19(18)34(23,6)25(39)14-33(30,32)5)45-31-29(43)28(42)27(41)22(15-36)46-31/h8,11-12,20,22-24,27-31,36-38,40-44H,1,9-10,13-15H2,2-7H3/b11-8+/t20-,22?,23+,24?,27?,28?,29?,30+,31?,32+,33-,34+,35+/m1/s1. The minimum absolute atomic E-state index is 0.0214. The van der Waals surface area contributed by atoms with Gasteiger partial charge in [0.2, 0.25) is 6.29 Å². The number of aliphatic hydroxyl groups is 7. The number of Topliss-reactive ketones (excluding diaryl/α,β-unsaturated/α-hetero) is 1. The van der Waals surface area contributed by atoms with Crippen molar-refractivity contribution in [2.75, 3.05) is 6.61 Å². The highest BCUT2D eigenvalue weighted by atomic mass is 16.7. The summed E-state index contributed by atoms with van der Waals surface area (Å²) in [5.41, 5.74) is -1.75. The van der Waals surface area contributed by atoms with Gasteiger partial charge < -0.3 is 50.3 Å². The number of phenols is 1. The first kappa shape index (κ1) is 35.0. The van der Waals surface area contributed by atoms with E-state index in [0.29, 0.717) is 36.0 Å². The Hall–Kier alpha value is -2.35. The van der Waals surface area contributed by atoms with Crippen LogP contribution in [0.1, 0.15) is 70.6 Å². The van der Waals surface area contributed by atoms with Gasteiger partial charge in [0.15, 0.2) is 11.5 Å². The molecule has 0 bridgehead atoms. The molecule has 0 spiro atoms. The van der Waals surface area contributed by atoms with Crippen molar-refractivity contribution in [2.24, 2.45) is 22.7 Å². The summed E-state index contributed by atoms with van der Waals surface area (Å²) in [5.74, 6) is -1.53. The highest BCUT2D eigenvalue weighted by Crippen LogP contribution is 2.72. The third-order valence-electron chi connectivity index (χ3n) is 12.3. The summed E-state index contributed by atoms with van der Waals surface area (Å²) in [4.78, 5) is 14.6. The van der Waals surface area contributed by atoms with Gasteiger partial charge in [-0.05, 0) is 86.5 Å². The van der Waals surface area contributed by atoms with Gasteiger partial charge in [-0.1, -0.05) is 38.2 Å². The van der Waals surface area contributed by atoms with E-state index in [1.165, 1.54) is 13.0 Å². The third kappa shape index (κ3) is 4.89. The van der Waals surface area contributed by atoms with E-state index in [-0.39, 0.29) is 29.6 Å². The number of fused-ring (bicyclic) bond motifs is 5. The second-order valence-corrected chi connectivity index (χ2v) is 15.0. The first-order valence-electron chi connectivity index (χ1n) is 16.1. The second-order valence-electron chi connectivity index (χ2n) is 15.0. The Morgan fingerprint density at radius 2 is 1.83 bits per heavy atom. The van der Waals surface area contributed by atoms with Crippen molar-refractivity contribution in [3.63, 3.8) is 0 Å². The number of phenolic OH excluding ortho intramolecular Hbond substituents is 1. The van der Waals surface area contributed by atoms with Crippen molar-refractivity contribution in [1.82, 2.24) is 0 Å². The maximum absolute atomic E-state index is 14.6. The fraction of sp³-hybridized carbons (Fsp3) is 0.686. The zero-order valence-corrected chi connectivity index (χ0v) is 27.5. The van der Waals surface area contributed by atoms with E-state index in [9.17, 15) is 45.6 Å². The highest BCUT2D eigenvalue weighted by molar-refractivity contribution is 5.93. The van der Waals surface area contributed by atoms with Gasteiger partial charge >= 0.3 is 0 Å². The van der Waals surface area contributed by atoms with Gasteiger partial charge in [-0.2, -0.15) is 0 Å². The zero-order chi connectivity index (χ0) is 34.3. The second kappa shape index (κ2) is 11.7. The van der Waals surface area contributed by atoms with Crippen molar-refractivity contribution in [1.29, 1.82) is 0 Å². The Bertz CT molecular complexity index is 1420. The first-order valence-corrected chi connectivity index (χ1v) is 16.1. The van der Waals surface area contributed by atoms with Gasteiger partial charge in [-0.25, -0.2) is 0 Å². The van der Waals surface area contributed by atoms with E-state index in [0.717, 1.165) is 5.56 Å². The smallest absolute Gasteiger partial charge is 0.229 e. The summed E-state index contributed by atoms with van der Waals surface area (Å²) in [7, 11) is 0. The molecule has 1 aliphatic heterocycles. The zero-order valence-electron chi connectivity index (χ0n) is 27.5. The minimum atomic E-state index is -1.76. The molecular formula is C35H50O11. The Morgan fingerprint density at radius 3 is 2.43 bits per heavy atom. The molecule has 4 aliphatic rings. The summed E-state index contributed by atoms with van der Waals surface area (Å²) < 4.78 is 11.4. The monoisotopic (exact) mass is 646 g/mol. The number of hydrogen-bond donors (Lipinski definition) is 8.